The number of carbonyl (C=O) groups is 1. The van der Waals surface area contributed by atoms with Crippen molar-refractivity contribution in [3.05, 3.63) is 70.5 Å². The molecule has 0 atom stereocenters. The molecule has 0 aliphatic rings. The minimum atomic E-state index is -0.0933. The molecule has 3 heterocycles. The van der Waals surface area contributed by atoms with Crippen LogP contribution in [0.25, 0.3) is 22.5 Å². The number of nitrogens with zero attached hydrogens (tertiary/aromatic N) is 4. The van der Waals surface area contributed by atoms with Crippen LogP contribution in [0.1, 0.15) is 35.8 Å². The van der Waals surface area contributed by atoms with E-state index >= 15 is 0 Å². The summed E-state index contributed by atoms with van der Waals surface area (Å²) in [4.78, 5) is 19.8. The molecule has 6 nitrogen and oxygen atoms in total. The lowest BCUT2D eigenvalue weighted by molar-refractivity contribution is 0.0786. The number of hydrogen-bond acceptors (Lipinski definition) is 4. The zero-order valence-electron chi connectivity index (χ0n) is 16.5. The second kappa shape index (κ2) is 7.83. The molecule has 4 aromatic rings. The standard InChI is InChI=1S/C22H21BrN4O2/c1-14(2)27-21-17(12-24-27)16(11-19(25-21)20-9-6-10-29-20)22(28)26(3)13-15-7-4-5-8-18(15)23/h4-12,14H,13H2,1-3H3. The first-order valence-electron chi connectivity index (χ1n) is 9.36. The van der Waals surface area contributed by atoms with Crippen molar-refractivity contribution in [1.29, 1.82) is 0 Å². The third-order valence-electron chi connectivity index (χ3n) is 4.77. The summed E-state index contributed by atoms with van der Waals surface area (Å²) >= 11 is 3.55. The van der Waals surface area contributed by atoms with E-state index in [1.165, 1.54) is 0 Å². The van der Waals surface area contributed by atoms with Crippen molar-refractivity contribution in [3.63, 3.8) is 0 Å². The first-order chi connectivity index (χ1) is 14.0. The van der Waals surface area contributed by atoms with Gasteiger partial charge in [0.15, 0.2) is 11.4 Å². The van der Waals surface area contributed by atoms with Gasteiger partial charge in [0.25, 0.3) is 5.91 Å². The van der Waals surface area contributed by atoms with Gasteiger partial charge in [0, 0.05) is 24.1 Å². The summed E-state index contributed by atoms with van der Waals surface area (Å²) in [6.07, 6.45) is 3.31. The molecule has 0 radical (unpaired) electrons. The molecule has 7 heteroatoms. The number of halogens is 1. The topological polar surface area (TPSA) is 64.2 Å². The first-order valence-corrected chi connectivity index (χ1v) is 10.2. The average Bonchev–Trinajstić information content (AvgIpc) is 3.38. The van der Waals surface area contributed by atoms with Gasteiger partial charge in [-0.2, -0.15) is 5.10 Å². The third kappa shape index (κ3) is 3.70. The summed E-state index contributed by atoms with van der Waals surface area (Å²) in [6.45, 7) is 4.56. The van der Waals surface area contributed by atoms with E-state index in [9.17, 15) is 4.79 Å². The van der Waals surface area contributed by atoms with E-state index in [0.29, 0.717) is 29.2 Å². The maximum Gasteiger partial charge on any atom is 0.254 e. The van der Waals surface area contributed by atoms with E-state index in [1.807, 2.05) is 54.9 Å². The van der Waals surface area contributed by atoms with Crippen LogP contribution in [0.2, 0.25) is 0 Å². The molecule has 0 aliphatic carbocycles. The highest BCUT2D eigenvalue weighted by molar-refractivity contribution is 9.10. The van der Waals surface area contributed by atoms with Crippen LogP contribution in [-0.4, -0.2) is 32.6 Å². The number of aromatic nitrogens is 3. The lowest BCUT2D eigenvalue weighted by atomic mass is 10.1. The molecular formula is C22H21BrN4O2. The summed E-state index contributed by atoms with van der Waals surface area (Å²) in [7, 11) is 1.80. The Morgan fingerprint density at radius 2 is 2.03 bits per heavy atom. The van der Waals surface area contributed by atoms with Gasteiger partial charge in [-0.3, -0.25) is 4.79 Å². The van der Waals surface area contributed by atoms with Crippen molar-refractivity contribution in [1.82, 2.24) is 19.7 Å². The molecule has 1 amide bonds. The number of fused-ring (bicyclic) bond motifs is 1. The molecule has 0 aliphatic heterocycles. The van der Waals surface area contributed by atoms with E-state index in [2.05, 4.69) is 21.0 Å². The molecule has 0 fully saturated rings. The van der Waals surface area contributed by atoms with Crippen LogP contribution in [0, 0.1) is 0 Å². The summed E-state index contributed by atoms with van der Waals surface area (Å²) in [5.74, 6) is 0.523. The Morgan fingerprint density at radius 3 is 2.72 bits per heavy atom. The Labute approximate surface area is 177 Å². The molecule has 0 spiro atoms. The van der Waals surface area contributed by atoms with Gasteiger partial charge >= 0.3 is 0 Å². The van der Waals surface area contributed by atoms with Crippen LogP contribution in [-0.2, 0) is 6.54 Å². The maximum absolute atomic E-state index is 13.4. The molecule has 29 heavy (non-hydrogen) atoms. The SMILES string of the molecule is CC(C)n1ncc2c(C(=O)N(C)Cc3ccccc3Br)cc(-c3ccco3)nc21. The highest BCUT2D eigenvalue weighted by Crippen LogP contribution is 2.28. The van der Waals surface area contributed by atoms with Crippen LogP contribution in [0.4, 0.5) is 0 Å². The van der Waals surface area contributed by atoms with Gasteiger partial charge in [-0.1, -0.05) is 34.1 Å². The van der Waals surface area contributed by atoms with Crippen LogP contribution in [0.15, 0.2) is 63.8 Å². The summed E-state index contributed by atoms with van der Waals surface area (Å²) in [5, 5.41) is 5.20. The van der Waals surface area contributed by atoms with Crippen molar-refractivity contribution in [2.45, 2.75) is 26.4 Å². The monoisotopic (exact) mass is 452 g/mol. The van der Waals surface area contributed by atoms with Crippen LogP contribution in [0.5, 0.6) is 0 Å². The second-order valence-corrected chi connectivity index (χ2v) is 8.06. The molecule has 0 N–H and O–H groups in total. The molecule has 0 saturated heterocycles. The van der Waals surface area contributed by atoms with Gasteiger partial charge in [-0.05, 0) is 43.7 Å². The van der Waals surface area contributed by atoms with E-state index in [0.717, 1.165) is 15.4 Å². The second-order valence-electron chi connectivity index (χ2n) is 7.21. The highest BCUT2D eigenvalue weighted by Gasteiger charge is 2.22. The highest BCUT2D eigenvalue weighted by atomic mass is 79.9. The first kappa shape index (κ1) is 19.4. The van der Waals surface area contributed by atoms with Crippen LogP contribution >= 0.6 is 15.9 Å². The summed E-state index contributed by atoms with van der Waals surface area (Å²) < 4.78 is 8.33. The lowest BCUT2D eigenvalue weighted by Gasteiger charge is -2.19. The Bertz CT molecular complexity index is 1170. The third-order valence-corrected chi connectivity index (χ3v) is 5.55. The number of amides is 1. The molecule has 0 bridgehead atoms. The quantitative estimate of drug-likeness (QED) is 0.411. The van der Waals surface area contributed by atoms with Gasteiger partial charge in [0.2, 0.25) is 0 Å². The largest absolute Gasteiger partial charge is 0.463 e. The Balaban J connectivity index is 1.79. The molecular weight excluding hydrogens is 432 g/mol. The Kier molecular flexibility index (Phi) is 5.24. The Hall–Kier alpha value is -2.93. The maximum atomic E-state index is 13.4. The van der Waals surface area contributed by atoms with Crippen molar-refractivity contribution in [3.8, 4) is 11.5 Å². The van der Waals surface area contributed by atoms with Crippen molar-refractivity contribution < 1.29 is 9.21 Å². The summed E-state index contributed by atoms with van der Waals surface area (Å²) in [5.41, 5.74) is 2.88. The molecule has 0 unspecified atom stereocenters. The van der Waals surface area contributed by atoms with Gasteiger partial charge in [0.1, 0.15) is 5.69 Å². The van der Waals surface area contributed by atoms with Gasteiger partial charge in [0.05, 0.1) is 23.4 Å². The molecule has 0 saturated carbocycles. The molecule has 3 aromatic heterocycles. The van der Waals surface area contributed by atoms with Crippen molar-refractivity contribution in [2.75, 3.05) is 7.05 Å². The minimum Gasteiger partial charge on any atom is -0.463 e. The predicted molar refractivity (Wildman–Crippen MR) is 116 cm³/mol. The van der Waals surface area contributed by atoms with Crippen molar-refractivity contribution in [2.24, 2.45) is 0 Å². The number of benzene rings is 1. The fourth-order valence-electron chi connectivity index (χ4n) is 3.28. The Morgan fingerprint density at radius 1 is 1.24 bits per heavy atom. The lowest BCUT2D eigenvalue weighted by Crippen LogP contribution is -2.26. The van der Waals surface area contributed by atoms with Crippen LogP contribution < -0.4 is 0 Å². The average molecular weight is 453 g/mol. The van der Waals surface area contributed by atoms with Crippen molar-refractivity contribution >= 4 is 32.9 Å². The van der Waals surface area contributed by atoms with E-state index in [1.54, 1.807) is 30.5 Å². The van der Waals surface area contributed by atoms with E-state index in [4.69, 9.17) is 9.40 Å². The number of rotatable bonds is 5. The fraction of sp³-hybridized carbons (Fsp3) is 0.227. The number of furan rings is 1. The van der Waals surface area contributed by atoms with Crippen LogP contribution in [0.3, 0.4) is 0 Å². The normalized spacial score (nSPS) is 11.3. The van der Waals surface area contributed by atoms with Gasteiger partial charge in [-0.25, -0.2) is 9.67 Å². The number of pyridine rings is 1. The fourth-order valence-corrected chi connectivity index (χ4v) is 3.69. The van der Waals surface area contributed by atoms with E-state index in [-0.39, 0.29) is 11.9 Å². The minimum absolute atomic E-state index is 0.0933. The molecule has 148 valence electrons. The predicted octanol–water partition coefficient (Wildman–Crippen LogP) is 5.31. The smallest absolute Gasteiger partial charge is 0.254 e. The number of carbonyl (C=O) groups excluding carboxylic acids is 1. The van der Waals surface area contributed by atoms with Gasteiger partial charge in [-0.15, -0.1) is 0 Å². The zero-order valence-corrected chi connectivity index (χ0v) is 18.0. The molecule has 1 aromatic carbocycles. The zero-order chi connectivity index (χ0) is 20.5. The van der Waals surface area contributed by atoms with Gasteiger partial charge < -0.3 is 9.32 Å². The number of hydrogen-bond donors (Lipinski definition) is 0. The van der Waals surface area contributed by atoms with E-state index < -0.39 is 0 Å². The molecule has 4 rings (SSSR count). The summed E-state index contributed by atoms with van der Waals surface area (Å²) in [6, 6.07) is 13.4.